The molecule has 5 rings (SSSR count). The van der Waals surface area contributed by atoms with Gasteiger partial charge in [-0.1, -0.05) is 55.9 Å². The third-order valence-electron chi connectivity index (χ3n) is 7.56. The number of aryl methyl sites for hydroxylation is 2. The molecule has 0 fully saturated rings. The predicted octanol–water partition coefficient (Wildman–Crippen LogP) is 4.61. The first kappa shape index (κ1) is 31.4. The number of anilines is 1. The average molecular weight is 633 g/mol. The number of hydrogen-bond donors (Lipinski definition) is 1. The summed E-state index contributed by atoms with van der Waals surface area (Å²) in [4.78, 5) is 28.3. The number of carbonyl (C=O) groups is 2. The van der Waals surface area contributed by atoms with Crippen LogP contribution in [0.4, 0.5) is 5.69 Å². The largest absolute Gasteiger partial charge is 0.345 e. The van der Waals surface area contributed by atoms with Crippen LogP contribution in [0.1, 0.15) is 47.6 Å². The van der Waals surface area contributed by atoms with Crippen molar-refractivity contribution in [3.8, 4) is 5.69 Å². The van der Waals surface area contributed by atoms with Crippen molar-refractivity contribution < 1.29 is 18.0 Å². The molecule has 10 nitrogen and oxygen atoms in total. The van der Waals surface area contributed by atoms with E-state index in [9.17, 15) is 18.0 Å². The lowest BCUT2D eigenvalue weighted by molar-refractivity contribution is -0.116. The van der Waals surface area contributed by atoms with Crippen LogP contribution in [0.15, 0.2) is 82.8 Å². The van der Waals surface area contributed by atoms with Gasteiger partial charge in [0.05, 0.1) is 17.2 Å². The number of sulfonamides is 1. The molecule has 12 heteroatoms. The summed E-state index contributed by atoms with van der Waals surface area (Å²) in [6, 6.07) is 21.8. The van der Waals surface area contributed by atoms with Crippen molar-refractivity contribution in [2.45, 2.75) is 50.2 Å². The number of nitrogens with one attached hydrogen (secondary N) is 1. The molecule has 1 aliphatic rings. The first-order valence-electron chi connectivity index (χ1n) is 14.6. The molecule has 3 aromatic carbocycles. The molecule has 0 spiro atoms. The van der Waals surface area contributed by atoms with E-state index in [-0.39, 0.29) is 29.0 Å². The Balaban J connectivity index is 1.32. The molecule has 0 radical (unpaired) electrons. The molecule has 2 heterocycles. The van der Waals surface area contributed by atoms with Crippen LogP contribution >= 0.6 is 11.8 Å². The van der Waals surface area contributed by atoms with Crippen LogP contribution in [-0.2, 0) is 27.8 Å². The first-order valence-corrected chi connectivity index (χ1v) is 17.1. The molecule has 0 saturated heterocycles. The Bertz CT molecular complexity index is 1750. The van der Waals surface area contributed by atoms with Crippen molar-refractivity contribution in [2.75, 3.05) is 30.3 Å². The van der Waals surface area contributed by atoms with Crippen molar-refractivity contribution in [1.29, 1.82) is 0 Å². The van der Waals surface area contributed by atoms with Gasteiger partial charge in [0.25, 0.3) is 5.91 Å². The summed E-state index contributed by atoms with van der Waals surface area (Å²) in [5.41, 5.74) is 4.34. The Morgan fingerprint density at radius 2 is 1.73 bits per heavy atom. The third kappa shape index (κ3) is 6.72. The highest BCUT2D eigenvalue weighted by Gasteiger charge is 2.25. The third-order valence-corrected chi connectivity index (χ3v) is 10.5. The van der Waals surface area contributed by atoms with Gasteiger partial charge in [-0.2, -0.15) is 4.31 Å². The van der Waals surface area contributed by atoms with Crippen LogP contribution in [0.3, 0.4) is 0 Å². The lowest BCUT2D eigenvalue weighted by Gasteiger charge is -2.29. The summed E-state index contributed by atoms with van der Waals surface area (Å²) in [6.45, 7) is 7.05. The Kier molecular flexibility index (Phi) is 9.82. The van der Waals surface area contributed by atoms with E-state index in [1.165, 1.54) is 45.9 Å². The van der Waals surface area contributed by atoms with Gasteiger partial charge >= 0.3 is 0 Å². The minimum absolute atomic E-state index is 0.00208. The summed E-state index contributed by atoms with van der Waals surface area (Å²) in [7, 11) is -3.62. The van der Waals surface area contributed by atoms with Gasteiger partial charge in [0.15, 0.2) is 11.0 Å². The second-order valence-corrected chi connectivity index (χ2v) is 13.3. The molecule has 1 N–H and O–H groups in total. The van der Waals surface area contributed by atoms with Crippen molar-refractivity contribution >= 4 is 39.3 Å². The molecule has 1 aromatic heterocycles. The van der Waals surface area contributed by atoms with Crippen LogP contribution in [0.2, 0.25) is 0 Å². The lowest BCUT2D eigenvalue weighted by Crippen LogP contribution is -2.36. The van der Waals surface area contributed by atoms with Gasteiger partial charge in [-0.15, -0.1) is 10.2 Å². The summed E-state index contributed by atoms with van der Waals surface area (Å²) in [6.07, 6.45) is 1.88. The van der Waals surface area contributed by atoms with Crippen molar-refractivity contribution in [3.05, 3.63) is 95.3 Å². The summed E-state index contributed by atoms with van der Waals surface area (Å²) < 4.78 is 28.8. The second-order valence-electron chi connectivity index (χ2n) is 10.4. The monoisotopic (exact) mass is 632 g/mol. The van der Waals surface area contributed by atoms with Gasteiger partial charge in [-0.3, -0.25) is 14.2 Å². The first-order chi connectivity index (χ1) is 21.2. The standard InChI is InChI=1S/C32H36N6O4S2/c1-4-36(5-2)44(41,42)27-17-15-25(16-18-27)31(40)33-21-29-34-35-32(38(29)26-13-8-10-23(3)20-26)43-22-30(39)37-19-9-12-24-11-6-7-14-28(24)37/h6-8,10-11,13-18,20H,4-5,9,12,19,21-22H2,1-3H3,(H,33,40). The van der Waals surface area contributed by atoms with Gasteiger partial charge in [-0.05, 0) is 73.4 Å². The fourth-order valence-electron chi connectivity index (χ4n) is 5.28. The van der Waals surface area contributed by atoms with E-state index in [1.807, 2.05) is 58.9 Å². The number of thioether (sulfide) groups is 1. The number of fused-ring (bicyclic) bond motifs is 1. The van der Waals surface area contributed by atoms with Crippen molar-refractivity contribution in [3.63, 3.8) is 0 Å². The Labute approximate surface area is 262 Å². The van der Waals surface area contributed by atoms with Gasteiger partial charge < -0.3 is 10.2 Å². The van der Waals surface area contributed by atoms with Crippen LogP contribution in [0.5, 0.6) is 0 Å². The molecule has 4 aromatic rings. The maximum atomic E-state index is 13.3. The molecule has 0 bridgehead atoms. The number of rotatable bonds is 11. The van der Waals surface area contributed by atoms with Gasteiger partial charge in [0.2, 0.25) is 15.9 Å². The number of aromatic nitrogens is 3. The molecule has 0 saturated carbocycles. The molecule has 2 amide bonds. The average Bonchev–Trinajstić information content (AvgIpc) is 3.45. The van der Waals surface area contributed by atoms with Crippen LogP contribution in [0, 0.1) is 6.92 Å². The van der Waals surface area contributed by atoms with Gasteiger partial charge in [0.1, 0.15) is 0 Å². The Hall–Kier alpha value is -4.00. The van der Waals surface area contributed by atoms with E-state index in [0.717, 1.165) is 29.8 Å². The maximum absolute atomic E-state index is 13.3. The Morgan fingerprint density at radius 3 is 2.45 bits per heavy atom. The zero-order chi connectivity index (χ0) is 31.3. The fraction of sp³-hybridized carbons (Fsp3) is 0.312. The molecule has 0 unspecified atom stereocenters. The highest BCUT2D eigenvalue weighted by atomic mass is 32.2. The van der Waals surface area contributed by atoms with E-state index in [1.54, 1.807) is 13.8 Å². The van der Waals surface area contributed by atoms with Gasteiger partial charge in [0, 0.05) is 36.6 Å². The number of carbonyl (C=O) groups excluding carboxylic acids is 2. The molecule has 1 aliphatic heterocycles. The minimum Gasteiger partial charge on any atom is -0.345 e. The van der Waals surface area contributed by atoms with E-state index >= 15 is 0 Å². The number of hydrogen-bond acceptors (Lipinski definition) is 7. The quantitative estimate of drug-likeness (QED) is 0.240. The predicted molar refractivity (Wildman–Crippen MR) is 172 cm³/mol. The second kappa shape index (κ2) is 13.7. The van der Waals surface area contributed by atoms with E-state index in [2.05, 4.69) is 21.6 Å². The molecule has 44 heavy (non-hydrogen) atoms. The number of para-hydroxylation sites is 1. The maximum Gasteiger partial charge on any atom is 0.251 e. The normalized spacial score (nSPS) is 13.1. The molecular weight excluding hydrogens is 597 g/mol. The summed E-state index contributed by atoms with van der Waals surface area (Å²) in [5.74, 6) is 0.321. The fourth-order valence-corrected chi connectivity index (χ4v) is 7.59. The molecule has 230 valence electrons. The van der Waals surface area contributed by atoms with E-state index in [4.69, 9.17) is 0 Å². The highest BCUT2D eigenvalue weighted by Crippen LogP contribution is 2.29. The summed E-state index contributed by atoms with van der Waals surface area (Å²) >= 11 is 1.31. The van der Waals surface area contributed by atoms with Crippen molar-refractivity contribution in [1.82, 2.24) is 24.4 Å². The number of amides is 2. The highest BCUT2D eigenvalue weighted by molar-refractivity contribution is 7.99. The number of nitrogens with zero attached hydrogens (tertiary/aromatic N) is 5. The molecule has 0 aliphatic carbocycles. The van der Waals surface area contributed by atoms with Gasteiger partial charge in [-0.25, -0.2) is 8.42 Å². The summed E-state index contributed by atoms with van der Waals surface area (Å²) in [5, 5.41) is 12.2. The zero-order valence-electron chi connectivity index (χ0n) is 25.1. The van der Waals surface area contributed by atoms with Crippen molar-refractivity contribution in [2.24, 2.45) is 0 Å². The minimum atomic E-state index is -3.62. The lowest BCUT2D eigenvalue weighted by atomic mass is 10.0. The molecule has 0 atom stereocenters. The van der Waals surface area contributed by atoms with E-state index in [0.29, 0.717) is 36.2 Å². The van der Waals surface area contributed by atoms with Crippen LogP contribution in [0.25, 0.3) is 5.69 Å². The van der Waals surface area contributed by atoms with E-state index < -0.39 is 10.0 Å². The Morgan fingerprint density at radius 1 is 0.977 bits per heavy atom. The topological polar surface area (TPSA) is 118 Å². The smallest absolute Gasteiger partial charge is 0.251 e. The zero-order valence-corrected chi connectivity index (χ0v) is 26.7. The van der Waals surface area contributed by atoms with Crippen LogP contribution in [-0.4, -0.2) is 64.7 Å². The number of benzene rings is 3. The SMILES string of the molecule is CCN(CC)S(=O)(=O)c1ccc(C(=O)NCc2nnc(SCC(=O)N3CCCc4ccccc43)n2-c2cccc(C)c2)cc1. The van der Waals surface area contributed by atoms with Crippen LogP contribution < -0.4 is 10.2 Å². The molecular formula is C32H36N6O4S2.